The van der Waals surface area contributed by atoms with Crippen LogP contribution in [0.1, 0.15) is 0 Å². The van der Waals surface area contributed by atoms with Crippen LogP contribution < -0.4 is 0 Å². The Hall–Kier alpha value is -1.56. The number of methoxy groups -OCH3 is 2. The second-order valence-corrected chi connectivity index (χ2v) is 3.14. The fourth-order valence-electron chi connectivity index (χ4n) is 1.36. The molecular weight excluding hydrogens is 214 g/mol. The first-order valence-electron chi connectivity index (χ1n) is 4.89. The second-order valence-electron chi connectivity index (χ2n) is 3.14. The molecule has 0 aliphatic carbocycles. The average molecular weight is 229 g/mol. The number of hydrogen-bond donors (Lipinski definition) is 0. The van der Waals surface area contributed by atoms with Gasteiger partial charge in [0.25, 0.3) is 0 Å². The molecule has 0 saturated carbocycles. The second kappa shape index (κ2) is 6.12. The monoisotopic (exact) mass is 229 g/mol. The van der Waals surface area contributed by atoms with E-state index < -0.39 is 11.9 Å². The van der Waals surface area contributed by atoms with E-state index in [0.29, 0.717) is 26.3 Å². The van der Waals surface area contributed by atoms with Crippen LogP contribution in [-0.2, 0) is 23.8 Å². The molecule has 1 aliphatic rings. The highest BCUT2D eigenvalue weighted by molar-refractivity contribution is 5.95. The highest BCUT2D eigenvalue weighted by Gasteiger charge is 2.21. The zero-order valence-electron chi connectivity index (χ0n) is 9.39. The SMILES string of the molecule is COC(=O)/C=C(\C(=O)OC)N1CCOCC1. The molecular formula is C10H15NO5. The van der Waals surface area contributed by atoms with Gasteiger partial charge in [-0.3, -0.25) is 0 Å². The summed E-state index contributed by atoms with van der Waals surface area (Å²) in [4.78, 5) is 24.3. The van der Waals surface area contributed by atoms with Crippen molar-refractivity contribution in [3.63, 3.8) is 0 Å². The largest absolute Gasteiger partial charge is 0.466 e. The minimum Gasteiger partial charge on any atom is -0.466 e. The zero-order chi connectivity index (χ0) is 12.0. The van der Waals surface area contributed by atoms with Crippen LogP contribution in [0, 0.1) is 0 Å². The number of carbonyl (C=O) groups excluding carboxylic acids is 2. The highest BCUT2D eigenvalue weighted by atomic mass is 16.5. The van der Waals surface area contributed by atoms with Crippen molar-refractivity contribution in [2.24, 2.45) is 0 Å². The molecule has 0 N–H and O–H groups in total. The molecule has 0 aromatic rings. The first kappa shape index (κ1) is 12.5. The third kappa shape index (κ3) is 3.23. The quantitative estimate of drug-likeness (QED) is 0.482. The Morgan fingerprint density at radius 2 is 1.81 bits per heavy atom. The first-order valence-corrected chi connectivity index (χ1v) is 4.89. The molecule has 0 aromatic carbocycles. The maximum atomic E-state index is 11.5. The van der Waals surface area contributed by atoms with Crippen LogP contribution in [0.3, 0.4) is 0 Å². The molecule has 90 valence electrons. The lowest BCUT2D eigenvalue weighted by atomic mass is 10.3. The smallest absolute Gasteiger partial charge is 0.354 e. The van der Waals surface area contributed by atoms with Crippen molar-refractivity contribution in [1.82, 2.24) is 4.90 Å². The average Bonchev–Trinajstić information content (AvgIpc) is 2.35. The van der Waals surface area contributed by atoms with E-state index in [2.05, 4.69) is 9.47 Å². The van der Waals surface area contributed by atoms with Gasteiger partial charge in [-0.2, -0.15) is 0 Å². The van der Waals surface area contributed by atoms with E-state index in [-0.39, 0.29) is 5.70 Å². The van der Waals surface area contributed by atoms with Gasteiger partial charge in [0.1, 0.15) is 5.70 Å². The predicted octanol–water partition coefficient (Wildman–Crippen LogP) is -0.451. The summed E-state index contributed by atoms with van der Waals surface area (Å²) in [6.45, 7) is 2.15. The lowest BCUT2D eigenvalue weighted by Gasteiger charge is -2.29. The van der Waals surface area contributed by atoms with Crippen LogP contribution in [0.4, 0.5) is 0 Å². The number of rotatable bonds is 3. The van der Waals surface area contributed by atoms with Gasteiger partial charge in [0, 0.05) is 13.1 Å². The minimum absolute atomic E-state index is 0.206. The van der Waals surface area contributed by atoms with Crippen molar-refractivity contribution < 1.29 is 23.8 Å². The van der Waals surface area contributed by atoms with E-state index in [1.807, 2.05) is 0 Å². The maximum Gasteiger partial charge on any atom is 0.354 e. The van der Waals surface area contributed by atoms with E-state index in [9.17, 15) is 9.59 Å². The summed E-state index contributed by atoms with van der Waals surface area (Å²) in [6.07, 6.45) is 1.14. The predicted molar refractivity (Wildman–Crippen MR) is 54.5 cm³/mol. The minimum atomic E-state index is -0.577. The molecule has 0 bridgehead atoms. The van der Waals surface area contributed by atoms with Crippen molar-refractivity contribution in [1.29, 1.82) is 0 Å². The number of ether oxygens (including phenoxy) is 3. The fraction of sp³-hybridized carbons (Fsp3) is 0.600. The maximum absolute atomic E-state index is 11.5. The highest BCUT2D eigenvalue weighted by Crippen LogP contribution is 2.09. The van der Waals surface area contributed by atoms with Crippen LogP contribution in [0.5, 0.6) is 0 Å². The molecule has 0 amide bonds. The summed E-state index contributed by atoms with van der Waals surface area (Å²) < 4.78 is 14.3. The zero-order valence-corrected chi connectivity index (χ0v) is 9.39. The molecule has 6 heteroatoms. The Bertz CT molecular complexity index is 294. The van der Waals surface area contributed by atoms with E-state index in [4.69, 9.17) is 4.74 Å². The lowest BCUT2D eigenvalue weighted by Crippen LogP contribution is -2.38. The molecule has 1 heterocycles. The number of hydrogen-bond acceptors (Lipinski definition) is 6. The molecule has 0 spiro atoms. The summed E-state index contributed by atoms with van der Waals surface area (Å²) in [5.41, 5.74) is 0.206. The van der Waals surface area contributed by atoms with Crippen LogP contribution in [-0.4, -0.2) is 57.4 Å². The topological polar surface area (TPSA) is 65.1 Å². The van der Waals surface area contributed by atoms with Gasteiger partial charge in [-0.25, -0.2) is 9.59 Å². The van der Waals surface area contributed by atoms with Crippen LogP contribution in [0.25, 0.3) is 0 Å². The lowest BCUT2D eigenvalue weighted by molar-refractivity contribution is -0.140. The number of esters is 2. The van der Waals surface area contributed by atoms with E-state index >= 15 is 0 Å². The van der Waals surface area contributed by atoms with Crippen LogP contribution >= 0.6 is 0 Å². The molecule has 0 unspecified atom stereocenters. The van der Waals surface area contributed by atoms with Gasteiger partial charge in [0.15, 0.2) is 0 Å². The molecule has 16 heavy (non-hydrogen) atoms. The third-order valence-electron chi connectivity index (χ3n) is 2.20. The van der Waals surface area contributed by atoms with Gasteiger partial charge in [-0.15, -0.1) is 0 Å². The summed E-state index contributed by atoms with van der Waals surface area (Å²) in [5.74, 6) is -1.13. The van der Waals surface area contributed by atoms with Crippen molar-refractivity contribution >= 4 is 11.9 Å². The van der Waals surface area contributed by atoms with Crippen LogP contribution in [0.15, 0.2) is 11.8 Å². The Balaban J connectivity index is 2.81. The first-order chi connectivity index (χ1) is 7.69. The van der Waals surface area contributed by atoms with E-state index in [1.54, 1.807) is 4.90 Å². The van der Waals surface area contributed by atoms with Gasteiger partial charge in [0.2, 0.25) is 0 Å². The molecule has 0 radical (unpaired) electrons. The molecule has 0 atom stereocenters. The van der Waals surface area contributed by atoms with Crippen molar-refractivity contribution in [2.75, 3.05) is 40.5 Å². The number of morpholine rings is 1. The third-order valence-corrected chi connectivity index (χ3v) is 2.20. The van der Waals surface area contributed by atoms with E-state index in [0.717, 1.165) is 6.08 Å². The summed E-state index contributed by atoms with van der Waals surface area (Å²) in [5, 5.41) is 0. The Labute approximate surface area is 93.8 Å². The Morgan fingerprint density at radius 3 is 2.31 bits per heavy atom. The fourth-order valence-corrected chi connectivity index (χ4v) is 1.36. The molecule has 1 fully saturated rings. The molecule has 1 aliphatic heterocycles. The number of nitrogens with zero attached hydrogens (tertiary/aromatic N) is 1. The number of carbonyl (C=O) groups is 2. The van der Waals surface area contributed by atoms with Crippen LogP contribution in [0.2, 0.25) is 0 Å². The van der Waals surface area contributed by atoms with Gasteiger partial charge in [-0.1, -0.05) is 0 Å². The van der Waals surface area contributed by atoms with Crippen molar-refractivity contribution in [3.05, 3.63) is 11.8 Å². The van der Waals surface area contributed by atoms with E-state index in [1.165, 1.54) is 14.2 Å². The Morgan fingerprint density at radius 1 is 1.19 bits per heavy atom. The normalized spacial score (nSPS) is 16.9. The molecule has 0 aromatic heterocycles. The summed E-state index contributed by atoms with van der Waals surface area (Å²) in [6, 6.07) is 0. The summed E-state index contributed by atoms with van der Waals surface area (Å²) in [7, 11) is 2.53. The molecule has 6 nitrogen and oxygen atoms in total. The van der Waals surface area contributed by atoms with Gasteiger partial charge in [-0.05, 0) is 0 Å². The van der Waals surface area contributed by atoms with Gasteiger partial charge < -0.3 is 19.1 Å². The van der Waals surface area contributed by atoms with Gasteiger partial charge in [0.05, 0.1) is 33.5 Å². The molecule has 1 rings (SSSR count). The van der Waals surface area contributed by atoms with Crippen molar-refractivity contribution in [2.45, 2.75) is 0 Å². The Kier molecular flexibility index (Phi) is 4.78. The van der Waals surface area contributed by atoms with Crippen molar-refractivity contribution in [3.8, 4) is 0 Å². The van der Waals surface area contributed by atoms with Gasteiger partial charge >= 0.3 is 11.9 Å². The molecule has 1 saturated heterocycles. The standard InChI is InChI=1S/C10H15NO5/c1-14-9(12)7-8(10(13)15-2)11-3-5-16-6-4-11/h7H,3-6H2,1-2H3/b8-7+. The summed E-state index contributed by atoms with van der Waals surface area (Å²) >= 11 is 0.